The summed E-state index contributed by atoms with van der Waals surface area (Å²) in [4.78, 5) is 51.2. The van der Waals surface area contributed by atoms with Crippen LogP contribution < -0.4 is 10.6 Å². The number of amides is 2. The Kier molecular flexibility index (Phi) is 13.5. The van der Waals surface area contributed by atoms with Crippen LogP contribution in [0.2, 0.25) is 0 Å². The summed E-state index contributed by atoms with van der Waals surface area (Å²) in [6.45, 7) is 5.16. The highest BCUT2D eigenvalue weighted by Crippen LogP contribution is 2.31. The van der Waals surface area contributed by atoms with E-state index in [-0.39, 0.29) is 58.3 Å². The molecule has 0 radical (unpaired) electrons. The summed E-state index contributed by atoms with van der Waals surface area (Å²) in [6.07, 6.45) is 3.30. The van der Waals surface area contributed by atoms with Crippen molar-refractivity contribution in [1.29, 1.82) is 0 Å². The van der Waals surface area contributed by atoms with Gasteiger partial charge in [0.15, 0.2) is 0 Å². The van der Waals surface area contributed by atoms with E-state index < -0.39 is 47.8 Å². The zero-order valence-electron chi connectivity index (χ0n) is 27.9. The van der Waals surface area contributed by atoms with Crippen molar-refractivity contribution in [3.05, 3.63) is 88.7 Å². The molecule has 2 aliphatic rings. The molecule has 1 heterocycles. The van der Waals surface area contributed by atoms with E-state index in [1.165, 1.54) is 6.26 Å². The predicted octanol–water partition coefficient (Wildman–Crippen LogP) is 2.79. The fraction of sp³-hybridized carbons (Fsp3) is 0.444. The van der Waals surface area contributed by atoms with E-state index in [2.05, 4.69) is 10.6 Å². The lowest BCUT2D eigenvalue weighted by molar-refractivity contribution is -0.155. The highest BCUT2D eigenvalue weighted by molar-refractivity contribution is 5.95. The first kappa shape index (κ1) is 37.3. The Balaban J connectivity index is 1.31. The van der Waals surface area contributed by atoms with Crippen molar-refractivity contribution in [2.24, 2.45) is 0 Å². The molecule has 13 heteroatoms. The third-order valence-corrected chi connectivity index (χ3v) is 7.57. The Bertz CT molecular complexity index is 1510. The SMILES string of the molecule is CC(C)(C)OC(=O)CCC(CO)NC(=O)c1cccc(CNC(=O)C2=CC3OCOC3C(OC(=O)c3ccc(C=COCCO)cc3)C2)c1. The average Bonchev–Trinajstić information content (AvgIpc) is 3.56. The molecule has 0 aromatic heterocycles. The number of nitrogens with one attached hydrogen (secondary N) is 2. The molecule has 49 heavy (non-hydrogen) atoms. The largest absolute Gasteiger partial charge is 0.499 e. The van der Waals surface area contributed by atoms with Gasteiger partial charge in [-0.3, -0.25) is 14.4 Å². The Labute approximate surface area is 285 Å². The molecule has 4 N–H and O–H groups in total. The Hall–Kier alpha value is -4.56. The van der Waals surface area contributed by atoms with Crippen molar-refractivity contribution in [3.8, 4) is 0 Å². The monoisotopic (exact) mass is 680 g/mol. The van der Waals surface area contributed by atoms with Crippen molar-refractivity contribution < 1.29 is 53.1 Å². The number of carbonyl (C=O) groups excluding carboxylic acids is 4. The minimum absolute atomic E-state index is 0.00116. The van der Waals surface area contributed by atoms with E-state index in [9.17, 15) is 24.3 Å². The normalized spacial score (nSPS) is 19.4. The molecule has 1 aliphatic carbocycles. The van der Waals surface area contributed by atoms with Gasteiger partial charge in [-0.15, -0.1) is 0 Å². The summed E-state index contributed by atoms with van der Waals surface area (Å²) in [7, 11) is 0. The standard InChI is InChI=1S/C36H44N2O11/c1-36(2,3)49-31(41)12-11-28(21-40)38-34(43)26-6-4-5-24(17-26)20-37-33(42)27-18-29-32(47-22-46-29)30(19-27)48-35(44)25-9-7-23(8-10-25)13-15-45-16-14-39/h4-10,13,15,17-18,28-30,32,39-40H,11-12,14,16,19-22H2,1-3H3,(H,37,42)(H,38,43). The van der Waals surface area contributed by atoms with Gasteiger partial charge in [0, 0.05) is 30.5 Å². The van der Waals surface area contributed by atoms with Gasteiger partial charge in [0.1, 0.15) is 37.3 Å². The van der Waals surface area contributed by atoms with E-state index in [1.54, 1.807) is 81.5 Å². The number of aliphatic hydroxyl groups excluding tert-OH is 2. The number of rotatable bonds is 15. The van der Waals surface area contributed by atoms with Crippen LogP contribution in [0.1, 0.15) is 71.9 Å². The molecule has 13 nitrogen and oxygen atoms in total. The molecule has 0 saturated carbocycles. The lowest BCUT2D eigenvalue weighted by atomic mass is 9.91. The molecule has 0 bridgehead atoms. The van der Waals surface area contributed by atoms with Gasteiger partial charge in [-0.2, -0.15) is 0 Å². The van der Waals surface area contributed by atoms with E-state index in [4.69, 9.17) is 28.8 Å². The topological polar surface area (TPSA) is 179 Å². The number of ether oxygens (including phenoxy) is 5. The van der Waals surface area contributed by atoms with Crippen LogP contribution in [0.15, 0.2) is 66.4 Å². The van der Waals surface area contributed by atoms with Gasteiger partial charge < -0.3 is 44.5 Å². The van der Waals surface area contributed by atoms with Crippen molar-refractivity contribution in [2.75, 3.05) is 26.6 Å². The number of hydrogen-bond donors (Lipinski definition) is 4. The van der Waals surface area contributed by atoms with Crippen LogP contribution in [0.5, 0.6) is 0 Å². The highest BCUT2D eigenvalue weighted by Gasteiger charge is 2.42. The second-order valence-electron chi connectivity index (χ2n) is 12.6. The molecule has 2 aromatic carbocycles. The van der Waals surface area contributed by atoms with Crippen LogP contribution in [-0.4, -0.2) is 90.5 Å². The van der Waals surface area contributed by atoms with E-state index in [0.717, 1.165) is 5.56 Å². The summed E-state index contributed by atoms with van der Waals surface area (Å²) in [5.74, 6) is -1.80. The van der Waals surface area contributed by atoms with Crippen LogP contribution in [0, 0.1) is 0 Å². The fourth-order valence-corrected chi connectivity index (χ4v) is 5.19. The Morgan fingerprint density at radius 3 is 2.51 bits per heavy atom. The third-order valence-electron chi connectivity index (χ3n) is 7.57. The molecule has 2 aromatic rings. The summed E-state index contributed by atoms with van der Waals surface area (Å²) in [6, 6.07) is 12.7. The Morgan fingerprint density at radius 1 is 1.02 bits per heavy atom. The zero-order valence-corrected chi connectivity index (χ0v) is 27.9. The maximum absolute atomic E-state index is 13.3. The van der Waals surface area contributed by atoms with Crippen LogP contribution in [0.25, 0.3) is 6.08 Å². The molecule has 1 saturated heterocycles. The number of carbonyl (C=O) groups is 4. The first-order chi connectivity index (χ1) is 23.5. The van der Waals surface area contributed by atoms with Crippen LogP contribution >= 0.6 is 0 Å². The summed E-state index contributed by atoms with van der Waals surface area (Å²) in [5, 5.41) is 24.1. The maximum atomic E-state index is 13.3. The van der Waals surface area contributed by atoms with Gasteiger partial charge in [-0.1, -0.05) is 24.3 Å². The van der Waals surface area contributed by atoms with Gasteiger partial charge >= 0.3 is 11.9 Å². The summed E-state index contributed by atoms with van der Waals surface area (Å²) >= 11 is 0. The molecule has 1 aliphatic heterocycles. The van der Waals surface area contributed by atoms with Gasteiger partial charge in [-0.25, -0.2) is 4.79 Å². The first-order valence-corrected chi connectivity index (χ1v) is 16.1. The van der Waals surface area contributed by atoms with Crippen molar-refractivity contribution in [1.82, 2.24) is 10.6 Å². The average molecular weight is 681 g/mol. The number of fused-ring (bicyclic) bond motifs is 1. The Morgan fingerprint density at radius 2 is 1.80 bits per heavy atom. The van der Waals surface area contributed by atoms with Crippen LogP contribution in [0.4, 0.5) is 0 Å². The molecule has 0 spiro atoms. The van der Waals surface area contributed by atoms with E-state index in [1.807, 2.05) is 0 Å². The quantitative estimate of drug-likeness (QED) is 0.124. The second kappa shape index (κ2) is 17.7. The highest BCUT2D eigenvalue weighted by atomic mass is 16.7. The number of esters is 2. The molecular formula is C36H44N2O11. The number of benzene rings is 2. The van der Waals surface area contributed by atoms with E-state index >= 15 is 0 Å². The minimum atomic E-state index is -0.765. The predicted molar refractivity (Wildman–Crippen MR) is 177 cm³/mol. The minimum Gasteiger partial charge on any atom is -0.499 e. The van der Waals surface area contributed by atoms with Gasteiger partial charge in [0.2, 0.25) is 5.91 Å². The van der Waals surface area contributed by atoms with Gasteiger partial charge in [0.25, 0.3) is 5.91 Å². The van der Waals surface area contributed by atoms with Gasteiger partial charge in [-0.05, 0) is 74.7 Å². The van der Waals surface area contributed by atoms with Crippen LogP contribution in [0.3, 0.4) is 0 Å². The molecule has 4 rings (SSSR count). The fourth-order valence-electron chi connectivity index (χ4n) is 5.19. The molecule has 264 valence electrons. The summed E-state index contributed by atoms with van der Waals surface area (Å²) in [5.41, 5.74) is 1.84. The van der Waals surface area contributed by atoms with Crippen molar-refractivity contribution in [3.63, 3.8) is 0 Å². The lowest BCUT2D eigenvalue weighted by Gasteiger charge is -2.30. The van der Waals surface area contributed by atoms with Crippen LogP contribution in [-0.2, 0) is 39.8 Å². The second-order valence-corrected chi connectivity index (χ2v) is 12.6. The first-order valence-electron chi connectivity index (χ1n) is 16.1. The molecular weight excluding hydrogens is 636 g/mol. The smallest absolute Gasteiger partial charge is 0.338 e. The van der Waals surface area contributed by atoms with Crippen molar-refractivity contribution in [2.45, 2.75) is 76.5 Å². The van der Waals surface area contributed by atoms with Gasteiger partial charge in [0.05, 0.1) is 31.1 Å². The molecule has 4 unspecified atom stereocenters. The zero-order chi connectivity index (χ0) is 35.4. The molecule has 2 amide bonds. The maximum Gasteiger partial charge on any atom is 0.338 e. The molecule has 1 fully saturated rings. The number of hydrogen-bond acceptors (Lipinski definition) is 11. The van der Waals surface area contributed by atoms with E-state index in [0.29, 0.717) is 22.3 Å². The molecule has 4 atom stereocenters. The lowest BCUT2D eigenvalue weighted by Crippen LogP contribution is -2.43. The summed E-state index contributed by atoms with van der Waals surface area (Å²) < 4.78 is 27.5. The third kappa shape index (κ3) is 11.5. The number of aliphatic hydroxyl groups is 2. The van der Waals surface area contributed by atoms with Crippen molar-refractivity contribution >= 4 is 29.8 Å².